The van der Waals surface area contributed by atoms with Gasteiger partial charge in [-0.1, -0.05) is 54.1 Å². The van der Waals surface area contributed by atoms with Crippen molar-refractivity contribution >= 4 is 39.8 Å². The Hall–Kier alpha value is -3.24. The third kappa shape index (κ3) is 3.98. The number of hydrogen-bond donors (Lipinski definition) is 1. The highest BCUT2D eigenvalue weighted by molar-refractivity contribution is 6.33. The van der Waals surface area contributed by atoms with Gasteiger partial charge in [-0.05, 0) is 41.5 Å². The van der Waals surface area contributed by atoms with E-state index in [2.05, 4.69) is 27.7 Å². The molecule has 4 aromatic rings. The third-order valence-corrected chi connectivity index (χ3v) is 5.40. The number of halogens is 1. The van der Waals surface area contributed by atoms with Crippen molar-refractivity contribution in [1.82, 2.24) is 4.57 Å². The summed E-state index contributed by atoms with van der Waals surface area (Å²) in [7, 11) is 2.00. The molecule has 146 valence electrons. The normalized spacial score (nSPS) is 11.0. The molecule has 0 aliphatic heterocycles. The summed E-state index contributed by atoms with van der Waals surface area (Å²) < 4.78 is 2.11. The van der Waals surface area contributed by atoms with Crippen LogP contribution in [0.25, 0.3) is 10.9 Å². The molecule has 0 radical (unpaired) electrons. The van der Waals surface area contributed by atoms with Crippen molar-refractivity contribution in [2.75, 3.05) is 11.9 Å². The van der Waals surface area contributed by atoms with Crippen LogP contribution < -0.4 is 4.90 Å². The lowest BCUT2D eigenvalue weighted by atomic mass is 10.1. The summed E-state index contributed by atoms with van der Waals surface area (Å²) in [6.45, 7) is 0.657. The molecule has 0 aliphatic rings. The maximum absolute atomic E-state index is 11.2. The predicted molar refractivity (Wildman–Crippen MR) is 118 cm³/mol. The number of para-hydroxylation sites is 2. The zero-order valence-electron chi connectivity index (χ0n) is 16.0. The summed E-state index contributed by atoms with van der Waals surface area (Å²) >= 11 is 6.35. The van der Waals surface area contributed by atoms with E-state index in [-0.39, 0.29) is 6.42 Å². The van der Waals surface area contributed by atoms with Crippen LogP contribution in [0.4, 0.5) is 11.4 Å². The molecule has 0 aliphatic carbocycles. The highest BCUT2D eigenvalue weighted by Crippen LogP contribution is 2.31. The molecule has 29 heavy (non-hydrogen) atoms. The van der Waals surface area contributed by atoms with Crippen molar-refractivity contribution in [2.24, 2.45) is 0 Å². The Morgan fingerprint density at radius 1 is 1.03 bits per heavy atom. The van der Waals surface area contributed by atoms with Gasteiger partial charge >= 0.3 is 5.97 Å². The topological polar surface area (TPSA) is 45.5 Å². The summed E-state index contributed by atoms with van der Waals surface area (Å²) in [5.74, 6) is -0.823. The van der Waals surface area contributed by atoms with Crippen molar-refractivity contribution in [3.63, 3.8) is 0 Å². The minimum atomic E-state index is -0.823. The molecule has 0 saturated carbocycles. The number of carbonyl (C=O) groups is 1. The summed E-state index contributed by atoms with van der Waals surface area (Å²) in [5.41, 5.74) is 4.98. The van der Waals surface area contributed by atoms with Crippen LogP contribution in [0.5, 0.6) is 0 Å². The minimum absolute atomic E-state index is 0.0167. The summed E-state index contributed by atoms with van der Waals surface area (Å²) in [5, 5.41) is 10.9. The maximum atomic E-state index is 11.2. The zero-order chi connectivity index (χ0) is 20.4. The Labute approximate surface area is 174 Å². The van der Waals surface area contributed by atoms with Crippen LogP contribution in [-0.4, -0.2) is 22.7 Å². The second-order valence-electron chi connectivity index (χ2n) is 7.05. The molecule has 1 heterocycles. The average Bonchev–Trinajstić information content (AvgIpc) is 3.05. The minimum Gasteiger partial charge on any atom is -0.481 e. The van der Waals surface area contributed by atoms with Gasteiger partial charge in [0.1, 0.15) is 0 Å². The van der Waals surface area contributed by atoms with Crippen LogP contribution in [0.15, 0.2) is 79.0 Å². The lowest BCUT2D eigenvalue weighted by Crippen LogP contribution is -2.10. The summed E-state index contributed by atoms with van der Waals surface area (Å²) in [6.07, 6.45) is 1.96. The van der Waals surface area contributed by atoms with Crippen LogP contribution in [0, 0.1) is 0 Å². The number of aliphatic carboxylic acids is 1. The smallest absolute Gasteiger partial charge is 0.307 e. The van der Waals surface area contributed by atoms with Gasteiger partial charge in [0.2, 0.25) is 0 Å². The molecule has 0 spiro atoms. The van der Waals surface area contributed by atoms with E-state index < -0.39 is 5.97 Å². The fourth-order valence-corrected chi connectivity index (χ4v) is 3.94. The number of rotatable bonds is 6. The quantitative estimate of drug-likeness (QED) is 0.445. The van der Waals surface area contributed by atoms with Gasteiger partial charge < -0.3 is 14.6 Å². The van der Waals surface area contributed by atoms with E-state index in [1.807, 2.05) is 67.8 Å². The standard InChI is InChI=1S/C24H21ClN2O2/c1-26(23-12-5-3-10-21(23)25)19-8-6-7-17(13-19)15-27-16-18(14-24(28)29)20-9-2-4-11-22(20)27/h2-13,16H,14-15H2,1H3,(H,28,29). The molecule has 1 aromatic heterocycles. The molecule has 0 unspecified atom stereocenters. The predicted octanol–water partition coefficient (Wildman–Crippen LogP) is 5.74. The SMILES string of the molecule is CN(c1cccc(Cn2cc(CC(=O)O)c3ccccc32)c1)c1ccccc1Cl. The number of nitrogens with zero attached hydrogens (tertiary/aromatic N) is 2. The molecule has 0 bridgehead atoms. The number of anilines is 2. The number of aromatic nitrogens is 1. The van der Waals surface area contributed by atoms with E-state index in [0.29, 0.717) is 11.6 Å². The van der Waals surface area contributed by atoms with E-state index in [1.165, 1.54) is 0 Å². The first-order valence-electron chi connectivity index (χ1n) is 9.38. The molecule has 4 rings (SSSR count). The maximum Gasteiger partial charge on any atom is 0.307 e. The number of carboxylic acids is 1. The monoisotopic (exact) mass is 404 g/mol. The van der Waals surface area contributed by atoms with Crippen LogP contribution in [0.2, 0.25) is 5.02 Å². The van der Waals surface area contributed by atoms with E-state index in [1.54, 1.807) is 0 Å². The molecule has 0 saturated heterocycles. The van der Waals surface area contributed by atoms with E-state index in [0.717, 1.165) is 33.4 Å². The Bertz CT molecular complexity index is 1180. The van der Waals surface area contributed by atoms with Crippen LogP contribution in [0.3, 0.4) is 0 Å². The van der Waals surface area contributed by atoms with Crippen LogP contribution >= 0.6 is 11.6 Å². The van der Waals surface area contributed by atoms with Crippen LogP contribution in [0.1, 0.15) is 11.1 Å². The first-order valence-corrected chi connectivity index (χ1v) is 9.76. The van der Waals surface area contributed by atoms with Gasteiger partial charge in [0.15, 0.2) is 0 Å². The van der Waals surface area contributed by atoms with Crippen molar-refractivity contribution in [3.05, 3.63) is 95.1 Å². The molecule has 0 fully saturated rings. The molecule has 5 heteroatoms. The van der Waals surface area contributed by atoms with Crippen molar-refractivity contribution in [1.29, 1.82) is 0 Å². The Morgan fingerprint density at radius 3 is 2.59 bits per heavy atom. The Kier molecular flexibility index (Phi) is 5.28. The van der Waals surface area contributed by atoms with Gasteiger partial charge in [-0.3, -0.25) is 4.79 Å². The average molecular weight is 405 g/mol. The van der Waals surface area contributed by atoms with Gasteiger partial charge in [-0.15, -0.1) is 0 Å². The number of hydrogen-bond acceptors (Lipinski definition) is 2. The molecule has 3 aromatic carbocycles. The molecular weight excluding hydrogens is 384 g/mol. The van der Waals surface area contributed by atoms with Gasteiger partial charge in [0.05, 0.1) is 17.1 Å². The lowest BCUT2D eigenvalue weighted by molar-refractivity contribution is -0.136. The second kappa shape index (κ2) is 8.02. The molecule has 0 amide bonds. The van der Waals surface area contributed by atoms with Crippen LogP contribution in [-0.2, 0) is 17.8 Å². The molecular formula is C24H21ClN2O2. The lowest BCUT2D eigenvalue weighted by Gasteiger charge is -2.21. The largest absolute Gasteiger partial charge is 0.481 e. The van der Waals surface area contributed by atoms with Crippen molar-refractivity contribution in [3.8, 4) is 0 Å². The molecule has 0 atom stereocenters. The number of benzene rings is 3. The van der Waals surface area contributed by atoms with Gasteiger partial charge in [-0.2, -0.15) is 0 Å². The van der Waals surface area contributed by atoms with Gasteiger partial charge in [-0.25, -0.2) is 0 Å². The number of fused-ring (bicyclic) bond motifs is 1. The fraction of sp³-hybridized carbons (Fsp3) is 0.125. The Balaban J connectivity index is 1.67. The van der Waals surface area contributed by atoms with Crippen molar-refractivity contribution < 1.29 is 9.90 Å². The first kappa shape index (κ1) is 19.1. The van der Waals surface area contributed by atoms with E-state index in [9.17, 15) is 9.90 Å². The Morgan fingerprint density at radius 2 is 1.79 bits per heavy atom. The fourth-order valence-electron chi connectivity index (χ4n) is 3.68. The van der Waals surface area contributed by atoms with E-state index in [4.69, 9.17) is 11.6 Å². The second-order valence-corrected chi connectivity index (χ2v) is 7.46. The third-order valence-electron chi connectivity index (χ3n) is 5.08. The van der Waals surface area contributed by atoms with Gasteiger partial charge in [0.25, 0.3) is 0 Å². The van der Waals surface area contributed by atoms with Gasteiger partial charge in [0, 0.05) is 36.4 Å². The number of carboxylic acid groups (broad SMARTS) is 1. The summed E-state index contributed by atoms with van der Waals surface area (Å²) in [6, 6.07) is 24.0. The zero-order valence-corrected chi connectivity index (χ0v) is 16.8. The first-order chi connectivity index (χ1) is 14.0. The van der Waals surface area contributed by atoms with E-state index >= 15 is 0 Å². The summed E-state index contributed by atoms with van der Waals surface area (Å²) in [4.78, 5) is 13.3. The highest BCUT2D eigenvalue weighted by atomic mass is 35.5. The molecule has 4 nitrogen and oxygen atoms in total. The highest BCUT2D eigenvalue weighted by Gasteiger charge is 2.12. The molecule has 1 N–H and O–H groups in total. The van der Waals surface area contributed by atoms with Crippen molar-refractivity contribution in [2.45, 2.75) is 13.0 Å².